The summed E-state index contributed by atoms with van der Waals surface area (Å²) < 4.78 is 13.9. The Balaban J connectivity index is 1.97. The van der Waals surface area contributed by atoms with Crippen molar-refractivity contribution in [2.24, 2.45) is 0 Å². The maximum Gasteiger partial charge on any atom is 0.146 e. The SMILES string of the molecule is Cc1ccc(Nc2nc(C3CC3)nc(Cl)c2C)c(F)c1. The van der Waals surface area contributed by atoms with Crippen molar-refractivity contribution in [3.05, 3.63) is 46.1 Å². The predicted octanol–water partition coefficient (Wildman–Crippen LogP) is 4.51. The summed E-state index contributed by atoms with van der Waals surface area (Å²) in [7, 11) is 0. The van der Waals surface area contributed by atoms with Crippen LogP contribution in [-0.4, -0.2) is 9.97 Å². The molecule has 1 aromatic heterocycles. The van der Waals surface area contributed by atoms with Crippen LogP contribution >= 0.6 is 11.6 Å². The van der Waals surface area contributed by atoms with Gasteiger partial charge >= 0.3 is 0 Å². The smallest absolute Gasteiger partial charge is 0.146 e. The molecule has 1 N–H and O–H groups in total. The van der Waals surface area contributed by atoms with E-state index >= 15 is 0 Å². The average Bonchev–Trinajstić information content (AvgIpc) is 3.22. The van der Waals surface area contributed by atoms with Crippen LogP contribution in [0.2, 0.25) is 5.15 Å². The number of nitrogens with one attached hydrogen (secondary N) is 1. The molecule has 0 atom stereocenters. The van der Waals surface area contributed by atoms with Gasteiger partial charge in [-0.15, -0.1) is 0 Å². The van der Waals surface area contributed by atoms with Crippen molar-refractivity contribution in [1.82, 2.24) is 9.97 Å². The van der Waals surface area contributed by atoms with Crippen molar-refractivity contribution in [3.8, 4) is 0 Å². The molecule has 1 fully saturated rings. The number of benzene rings is 1. The first kappa shape index (κ1) is 13.3. The second-order valence-electron chi connectivity index (χ2n) is 5.23. The van der Waals surface area contributed by atoms with Crippen LogP contribution in [0.4, 0.5) is 15.9 Å². The summed E-state index contributed by atoms with van der Waals surface area (Å²) >= 11 is 6.14. The van der Waals surface area contributed by atoms with E-state index in [2.05, 4.69) is 15.3 Å². The van der Waals surface area contributed by atoms with Gasteiger partial charge in [-0.1, -0.05) is 17.7 Å². The predicted molar refractivity (Wildman–Crippen MR) is 78.2 cm³/mol. The molecule has 0 amide bonds. The second kappa shape index (κ2) is 5.02. The van der Waals surface area contributed by atoms with Gasteiger partial charge in [-0.3, -0.25) is 0 Å². The lowest BCUT2D eigenvalue weighted by molar-refractivity contribution is 0.630. The van der Waals surface area contributed by atoms with Crippen LogP contribution in [0.3, 0.4) is 0 Å². The minimum atomic E-state index is -0.299. The second-order valence-corrected chi connectivity index (χ2v) is 5.59. The highest BCUT2D eigenvalue weighted by atomic mass is 35.5. The molecular weight excluding hydrogens is 277 g/mol. The molecule has 3 rings (SSSR count). The summed E-state index contributed by atoms with van der Waals surface area (Å²) in [5.41, 5.74) is 2.01. The van der Waals surface area contributed by atoms with Gasteiger partial charge in [0.05, 0.1) is 5.69 Å². The molecule has 0 bridgehead atoms. The van der Waals surface area contributed by atoms with E-state index in [1.54, 1.807) is 6.07 Å². The number of aryl methyl sites for hydroxylation is 1. The molecule has 1 aliphatic rings. The fourth-order valence-electron chi connectivity index (χ4n) is 2.00. The first-order chi connectivity index (χ1) is 9.54. The quantitative estimate of drug-likeness (QED) is 0.846. The highest BCUT2D eigenvalue weighted by Crippen LogP contribution is 2.39. The largest absolute Gasteiger partial charge is 0.337 e. The van der Waals surface area contributed by atoms with Crippen LogP contribution in [0, 0.1) is 19.7 Å². The van der Waals surface area contributed by atoms with Gasteiger partial charge in [0.15, 0.2) is 0 Å². The molecule has 20 heavy (non-hydrogen) atoms. The highest BCUT2D eigenvalue weighted by Gasteiger charge is 2.28. The van der Waals surface area contributed by atoms with Crippen molar-refractivity contribution in [3.63, 3.8) is 0 Å². The van der Waals surface area contributed by atoms with Gasteiger partial charge in [0.1, 0.15) is 22.6 Å². The van der Waals surface area contributed by atoms with Crippen molar-refractivity contribution in [2.45, 2.75) is 32.6 Å². The molecule has 1 heterocycles. The zero-order chi connectivity index (χ0) is 14.3. The van der Waals surface area contributed by atoms with Crippen molar-refractivity contribution < 1.29 is 4.39 Å². The van der Waals surface area contributed by atoms with Crippen LogP contribution in [0.5, 0.6) is 0 Å². The minimum absolute atomic E-state index is 0.299. The van der Waals surface area contributed by atoms with Crippen LogP contribution < -0.4 is 5.32 Å². The molecule has 2 aromatic rings. The van der Waals surface area contributed by atoms with Gasteiger partial charge in [0.2, 0.25) is 0 Å². The maximum atomic E-state index is 13.9. The number of hydrogen-bond acceptors (Lipinski definition) is 3. The summed E-state index contributed by atoms with van der Waals surface area (Å²) in [6, 6.07) is 5.05. The number of rotatable bonds is 3. The summed E-state index contributed by atoms with van der Waals surface area (Å²) in [5.74, 6) is 1.42. The maximum absolute atomic E-state index is 13.9. The van der Waals surface area contributed by atoms with Crippen LogP contribution in [0.1, 0.15) is 35.7 Å². The molecule has 0 spiro atoms. The Morgan fingerprint density at radius 2 is 2.00 bits per heavy atom. The number of hydrogen-bond donors (Lipinski definition) is 1. The van der Waals surface area contributed by atoms with Gasteiger partial charge in [-0.05, 0) is 44.4 Å². The Morgan fingerprint density at radius 1 is 1.25 bits per heavy atom. The topological polar surface area (TPSA) is 37.8 Å². The standard InChI is InChI=1S/C15H15ClFN3/c1-8-3-6-12(11(17)7-8)18-14-9(2)13(16)19-15(20-14)10-4-5-10/h3,6-7,10H,4-5H2,1-2H3,(H,18,19,20). The van der Waals surface area contributed by atoms with Crippen LogP contribution in [0.15, 0.2) is 18.2 Å². The molecule has 104 valence electrons. The van der Waals surface area contributed by atoms with Gasteiger partial charge in [-0.2, -0.15) is 0 Å². The first-order valence-electron chi connectivity index (χ1n) is 6.62. The zero-order valence-corrected chi connectivity index (χ0v) is 12.1. The van der Waals surface area contributed by atoms with E-state index in [0.717, 1.165) is 29.8 Å². The van der Waals surface area contributed by atoms with E-state index in [4.69, 9.17) is 11.6 Å². The molecule has 1 saturated carbocycles. The third-order valence-corrected chi connectivity index (χ3v) is 3.79. The Hall–Kier alpha value is -1.68. The van der Waals surface area contributed by atoms with Gasteiger partial charge in [0.25, 0.3) is 0 Å². The first-order valence-corrected chi connectivity index (χ1v) is 6.99. The number of halogens is 2. The molecule has 0 saturated heterocycles. The van der Waals surface area contributed by atoms with Crippen molar-refractivity contribution in [1.29, 1.82) is 0 Å². The Labute approximate surface area is 122 Å². The van der Waals surface area contributed by atoms with Gasteiger partial charge < -0.3 is 5.32 Å². The molecule has 1 aliphatic carbocycles. The number of aromatic nitrogens is 2. The summed E-state index contributed by atoms with van der Waals surface area (Å²) in [5, 5.41) is 3.45. The fourth-order valence-corrected chi connectivity index (χ4v) is 2.18. The Bertz CT molecular complexity index is 668. The Kier molecular flexibility index (Phi) is 3.34. The van der Waals surface area contributed by atoms with E-state index in [0.29, 0.717) is 22.6 Å². The molecule has 0 aliphatic heterocycles. The third-order valence-electron chi connectivity index (χ3n) is 3.42. The third kappa shape index (κ3) is 2.61. The summed E-state index contributed by atoms with van der Waals surface area (Å²) in [4.78, 5) is 8.77. The summed E-state index contributed by atoms with van der Waals surface area (Å²) in [6.07, 6.45) is 2.19. The lowest BCUT2D eigenvalue weighted by Gasteiger charge is -2.12. The average molecular weight is 292 g/mol. The number of anilines is 2. The van der Waals surface area contributed by atoms with E-state index in [-0.39, 0.29) is 5.82 Å². The van der Waals surface area contributed by atoms with E-state index < -0.39 is 0 Å². The van der Waals surface area contributed by atoms with Crippen molar-refractivity contribution in [2.75, 3.05) is 5.32 Å². The molecular formula is C15H15ClFN3. The lowest BCUT2D eigenvalue weighted by atomic mass is 10.2. The highest BCUT2D eigenvalue weighted by molar-refractivity contribution is 6.30. The van der Waals surface area contributed by atoms with Crippen molar-refractivity contribution >= 4 is 23.1 Å². The zero-order valence-electron chi connectivity index (χ0n) is 11.4. The fraction of sp³-hybridized carbons (Fsp3) is 0.333. The van der Waals surface area contributed by atoms with Crippen LogP contribution in [-0.2, 0) is 0 Å². The van der Waals surface area contributed by atoms with Crippen LogP contribution in [0.25, 0.3) is 0 Å². The lowest BCUT2D eigenvalue weighted by Crippen LogP contribution is -2.04. The molecule has 3 nitrogen and oxygen atoms in total. The number of nitrogens with zero attached hydrogens (tertiary/aromatic N) is 2. The van der Waals surface area contributed by atoms with E-state index in [9.17, 15) is 4.39 Å². The molecule has 0 unspecified atom stereocenters. The molecule has 0 radical (unpaired) electrons. The minimum Gasteiger partial charge on any atom is -0.337 e. The molecule has 1 aromatic carbocycles. The van der Waals surface area contributed by atoms with Gasteiger partial charge in [-0.25, -0.2) is 14.4 Å². The van der Waals surface area contributed by atoms with E-state index in [1.807, 2.05) is 19.9 Å². The summed E-state index contributed by atoms with van der Waals surface area (Å²) in [6.45, 7) is 3.68. The normalized spacial score (nSPS) is 14.4. The van der Waals surface area contributed by atoms with Gasteiger partial charge in [0, 0.05) is 11.5 Å². The monoisotopic (exact) mass is 291 g/mol. The Morgan fingerprint density at radius 3 is 2.65 bits per heavy atom. The van der Waals surface area contributed by atoms with E-state index in [1.165, 1.54) is 6.07 Å². The molecule has 5 heteroatoms.